The molecule has 2 heterocycles. The van der Waals surface area contributed by atoms with Crippen molar-refractivity contribution in [2.24, 2.45) is 0 Å². The van der Waals surface area contributed by atoms with Crippen LogP contribution in [0.5, 0.6) is 5.75 Å². The minimum absolute atomic E-state index is 0.263. The van der Waals surface area contributed by atoms with Crippen LogP contribution >= 0.6 is 0 Å². The first kappa shape index (κ1) is 13.1. The maximum atomic E-state index is 13.4. The van der Waals surface area contributed by atoms with E-state index in [1.54, 1.807) is 6.07 Å². The topological polar surface area (TPSA) is 71.2 Å². The fraction of sp³-hybridized carbons (Fsp3) is 0.429. The second-order valence-corrected chi connectivity index (χ2v) is 5.06. The number of hydrogen-bond donors (Lipinski definition) is 2. The largest absolute Gasteiger partial charge is 0.505 e. The first-order chi connectivity index (χ1) is 9.64. The van der Waals surface area contributed by atoms with Crippen LogP contribution in [0.4, 0.5) is 4.39 Å². The van der Waals surface area contributed by atoms with Gasteiger partial charge in [0.15, 0.2) is 11.6 Å². The standard InChI is InChI=1S/C14H16FN3O2/c1-2-14(6-3-7-16-14)13-17-12(18-20-13)9-4-5-11(19)10(15)8-9/h4-5,8,16,19H,2-3,6-7H2,1H3. The van der Waals surface area contributed by atoms with Gasteiger partial charge in [-0.05, 0) is 44.0 Å². The van der Waals surface area contributed by atoms with Gasteiger partial charge in [-0.15, -0.1) is 0 Å². The van der Waals surface area contributed by atoms with E-state index in [9.17, 15) is 9.50 Å². The van der Waals surface area contributed by atoms with Gasteiger partial charge >= 0.3 is 0 Å². The molecule has 1 fully saturated rings. The summed E-state index contributed by atoms with van der Waals surface area (Å²) >= 11 is 0. The summed E-state index contributed by atoms with van der Waals surface area (Å²) in [5, 5.41) is 16.5. The Labute approximate surface area is 115 Å². The molecule has 1 aliphatic rings. The number of rotatable bonds is 3. The summed E-state index contributed by atoms with van der Waals surface area (Å²) < 4.78 is 18.7. The monoisotopic (exact) mass is 277 g/mol. The fourth-order valence-corrected chi connectivity index (χ4v) is 2.62. The molecule has 0 bridgehead atoms. The SMILES string of the molecule is CCC1(c2nc(-c3ccc(O)c(F)c3)no2)CCCN1. The number of halogens is 1. The lowest BCUT2D eigenvalue weighted by Gasteiger charge is -2.22. The smallest absolute Gasteiger partial charge is 0.247 e. The van der Waals surface area contributed by atoms with E-state index >= 15 is 0 Å². The van der Waals surface area contributed by atoms with Gasteiger partial charge in [-0.1, -0.05) is 12.1 Å². The molecule has 2 aromatic rings. The van der Waals surface area contributed by atoms with Crippen LogP contribution in [0.15, 0.2) is 22.7 Å². The second kappa shape index (κ2) is 4.86. The van der Waals surface area contributed by atoms with Crippen molar-refractivity contribution in [2.45, 2.75) is 31.7 Å². The van der Waals surface area contributed by atoms with E-state index in [-0.39, 0.29) is 11.3 Å². The maximum Gasteiger partial charge on any atom is 0.247 e. The van der Waals surface area contributed by atoms with E-state index in [1.807, 2.05) is 0 Å². The van der Waals surface area contributed by atoms with Crippen molar-refractivity contribution in [3.8, 4) is 17.1 Å². The van der Waals surface area contributed by atoms with E-state index in [1.165, 1.54) is 12.1 Å². The summed E-state index contributed by atoms with van der Waals surface area (Å²) in [5.41, 5.74) is 0.223. The number of aromatic nitrogens is 2. The molecule has 1 aromatic carbocycles. The van der Waals surface area contributed by atoms with Gasteiger partial charge in [0.05, 0.1) is 5.54 Å². The summed E-state index contributed by atoms with van der Waals surface area (Å²) in [7, 11) is 0. The van der Waals surface area contributed by atoms with Gasteiger partial charge in [0, 0.05) is 5.56 Å². The Morgan fingerprint density at radius 2 is 2.35 bits per heavy atom. The zero-order valence-corrected chi connectivity index (χ0v) is 11.2. The zero-order valence-electron chi connectivity index (χ0n) is 11.2. The maximum absolute atomic E-state index is 13.4. The molecule has 20 heavy (non-hydrogen) atoms. The molecule has 1 aliphatic heterocycles. The summed E-state index contributed by atoms with van der Waals surface area (Å²) in [6.45, 7) is 3.00. The highest BCUT2D eigenvalue weighted by atomic mass is 19.1. The van der Waals surface area contributed by atoms with Crippen molar-refractivity contribution >= 4 is 0 Å². The number of nitrogens with zero attached hydrogens (tertiary/aromatic N) is 2. The van der Waals surface area contributed by atoms with Crippen LogP contribution in [0.3, 0.4) is 0 Å². The Kier molecular flexibility index (Phi) is 3.17. The lowest BCUT2D eigenvalue weighted by atomic mass is 9.94. The van der Waals surface area contributed by atoms with E-state index in [4.69, 9.17) is 4.52 Å². The molecule has 0 spiro atoms. The third kappa shape index (κ3) is 2.06. The minimum Gasteiger partial charge on any atom is -0.505 e. The highest BCUT2D eigenvalue weighted by Crippen LogP contribution is 2.34. The predicted octanol–water partition coefficient (Wildman–Crippen LogP) is 2.57. The molecule has 1 saturated heterocycles. The lowest BCUT2D eigenvalue weighted by Crippen LogP contribution is -2.36. The van der Waals surface area contributed by atoms with Crippen LogP contribution in [0.2, 0.25) is 0 Å². The van der Waals surface area contributed by atoms with Crippen LogP contribution in [0, 0.1) is 5.82 Å². The summed E-state index contributed by atoms with van der Waals surface area (Å²) in [5.74, 6) is -0.209. The Morgan fingerprint density at radius 1 is 1.50 bits per heavy atom. The summed E-state index contributed by atoms with van der Waals surface area (Å²) in [6, 6.07) is 4.04. The highest BCUT2D eigenvalue weighted by molar-refractivity contribution is 5.56. The van der Waals surface area contributed by atoms with Crippen LogP contribution < -0.4 is 5.32 Å². The minimum atomic E-state index is -0.696. The van der Waals surface area contributed by atoms with Crippen molar-refractivity contribution in [3.63, 3.8) is 0 Å². The average molecular weight is 277 g/mol. The van der Waals surface area contributed by atoms with Crippen molar-refractivity contribution < 1.29 is 14.0 Å². The molecule has 0 radical (unpaired) electrons. The summed E-state index contributed by atoms with van der Waals surface area (Å²) in [4.78, 5) is 4.39. The molecule has 0 saturated carbocycles. The molecule has 1 unspecified atom stereocenters. The predicted molar refractivity (Wildman–Crippen MR) is 70.6 cm³/mol. The molecular weight excluding hydrogens is 261 g/mol. The van der Waals surface area contributed by atoms with E-state index in [0.717, 1.165) is 25.8 Å². The molecule has 106 valence electrons. The number of phenolic OH excluding ortho intramolecular Hbond substituents is 1. The molecule has 1 aromatic heterocycles. The van der Waals surface area contributed by atoms with E-state index < -0.39 is 5.82 Å². The Bertz CT molecular complexity index is 621. The van der Waals surface area contributed by atoms with Gasteiger partial charge < -0.3 is 14.9 Å². The first-order valence-corrected chi connectivity index (χ1v) is 6.73. The number of phenols is 1. The van der Waals surface area contributed by atoms with E-state index in [2.05, 4.69) is 22.4 Å². The number of hydrogen-bond acceptors (Lipinski definition) is 5. The Balaban J connectivity index is 1.95. The molecule has 1 atom stereocenters. The molecule has 6 heteroatoms. The van der Waals surface area contributed by atoms with E-state index in [0.29, 0.717) is 17.3 Å². The fourth-order valence-electron chi connectivity index (χ4n) is 2.62. The van der Waals surface area contributed by atoms with Crippen molar-refractivity contribution in [1.82, 2.24) is 15.5 Å². The van der Waals surface area contributed by atoms with Crippen LogP contribution in [0.25, 0.3) is 11.4 Å². The van der Waals surface area contributed by atoms with Crippen LogP contribution in [-0.2, 0) is 5.54 Å². The third-order valence-electron chi connectivity index (χ3n) is 3.89. The Morgan fingerprint density at radius 3 is 3.00 bits per heavy atom. The van der Waals surface area contributed by atoms with Crippen molar-refractivity contribution in [2.75, 3.05) is 6.54 Å². The molecule has 0 amide bonds. The van der Waals surface area contributed by atoms with Crippen LogP contribution in [-0.4, -0.2) is 21.8 Å². The van der Waals surface area contributed by atoms with Gasteiger partial charge in [0.1, 0.15) is 0 Å². The molecule has 5 nitrogen and oxygen atoms in total. The normalized spacial score (nSPS) is 22.3. The second-order valence-electron chi connectivity index (χ2n) is 5.06. The quantitative estimate of drug-likeness (QED) is 0.902. The molecule has 2 N–H and O–H groups in total. The van der Waals surface area contributed by atoms with Gasteiger partial charge in [0.2, 0.25) is 11.7 Å². The third-order valence-corrected chi connectivity index (χ3v) is 3.89. The van der Waals surface area contributed by atoms with Gasteiger partial charge in [-0.3, -0.25) is 0 Å². The number of benzene rings is 1. The zero-order chi connectivity index (χ0) is 14.2. The number of aromatic hydroxyl groups is 1. The summed E-state index contributed by atoms with van der Waals surface area (Å²) in [6.07, 6.45) is 2.88. The molecule has 0 aliphatic carbocycles. The lowest BCUT2D eigenvalue weighted by molar-refractivity contribution is 0.250. The van der Waals surface area contributed by atoms with Crippen molar-refractivity contribution in [3.05, 3.63) is 29.9 Å². The van der Waals surface area contributed by atoms with Gasteiger partial charge in [-0.2, -0.15) is 4.98 Å². The first-order valence-electron chi connectivity index (χ1n) is 6.73. The average Bonchev–Trinajstić information content (AvgIpc) is 3.10. The van der Waals surface area contributed by atoms with Gasteiger partial charge in [-0.25, -0.2) is 4.39 Å². The highest BCUT2D eigenvalue weighted by Gasteiger charge is 2.38. The molecular formula is C14H16FN3O2. The van der Waals surface area contributed by atoms with Gasteiger partial charge in [0.25, 0.3) is 0 Å². The van der Waals surface area contributed by atoms with Crippen LogP contribution in [0.1, 0.15) is 32.1 Å². The molecule has 3 rings (SSSR count). The Hall–Kier alpha value is -1.95. The van der Waals surface area contributed by atoms with Crippen molar-refractivity contribution in [1.29, 1.82) is 0 Å². The number of nitrogens with one attached hydrogen (secondary N) is 1.